The molecule has 0 saturated heterocycles. The summed E-state index contributed by atoms with van der Waals surface area (Å²) in [5.74, 6) is -2.88. The monoisotopic (exact) mass is 493 g/mol. The molecule has 12 nitrogen and oxygen atoms in total. The first kappa shape index (κ1) is 26.3. The molecule has 1 aromatic heterocycles. The van der Waals surface area contributed by atoms with Crippen molar-refractivity contribution in [1.29, 1.82) is 0 Å². The van der Waals surface area contributed by atoms with Crippen molar-refractivity contribution in [3.63, 3.8) is 0 Å². The number of nitrogens with one attached hydrogen (secondary N) is 1. The predicted molar refractivity (Wildman–Crippen MR) is 122 cm³/mol. The SMILES string of the molecule is CCOC(=O)c1c(NC(=O)COC(=O)c2ccc(OC)c([N+](=O)[O-])c2)sc(C(=O)N(C)C)c1C. The van der Waals surface area contributed by atoms with Crippen LogP contribution < -0.4 is 10.1 Å². The molecule has 0 atom stereocenters. The molecule has 2 rings (SSSR count). The van der Waals surface area contributed by atoms with Gasteiger partial charge in [0.1, 0.15) is 5.00 Å². The molecule has 13 heteroatoms. The summed E-state index contributed by atoms with van der Waals surface area (Å²) < 4.78 is 14.8. The number of rotatable bonds is 9. The van der Waals surface area contributed by atoms with Gasteiger partial charge in [0.25, 0.3) is 11.8 Å². The molecule has 2 amide bonds. The maximum Gasteiger partial charge on any atom is 0.341 e. The molecule has 182 valence electrons. The lowest BCUT2D eigenvalue weighted by Crippen LogP contribution is -2.22. The van der Waals surface area contributed by atoms with Gasteiger partial charge in [-0.3, -0.25) is 19.7 Å². The van der Waals surface area contributed by atoms with Crippen LogP contribution in [0, 0.1) is 17.0 Å². The summed E-state index contributed by atoms with van der Waals surface area (Å²) in [4.78, 5) is 61.5. The summed E-state index contributed by atoms with van der Waals surface area (Å²) in [6.45, 7) is 2.53. The van der Waals surface area contributed by atoms with Crippen molar-refractivity contribution in [2.75, 3.05) is 39.7 Å². The quantitative estimate of drug-likeness (QED) is 0.315. The molecule has 0 fully saturated rings. The Labute approximate surface area is 198 Å². The second kappa shape index (κ2) is 11.2. The van der Waals surface area contributed by atoms with E-state index in [1.807, 2.05) is 0 Å². The minimum atomic E-state index is -0.975. The molecular formula is C21H23N3O9S. The van der Waals surface area contributed by atoms with E-state index in [2.05, 4.69) is 5.32 Å². The first-order valence-electron chi connectivity index (χ1n) is 9.83. The molecule has 0 saturated carbocycles. The molecule has 0 spiro atoms. The number of anilines is 1. The first-order valence-corrected chi connectivity index (χ1v) is 10.6. The van der Waals surface area contributed by atoms with E-state index >= 15 is 0 Å². The van der Waals surface area contributed by atoms with E-state index in [1.54, 1.807) is 27.9 Å². The van der Waals surface area contributed by atoms with E-state index < -0.39 is 35.1 Å². The van der Waals surface area contributed by atoms with Crippen LogP contribution >= 0.6 is 11.3 Å². The zero-order chi connectivity index (χ0) is 25.6. The van der Waals surface area contributed by atoms with E-state index in [1.165, 1.54) is 24.1 Å². The van der Waals surface area contributed by atoms with Crippen molar-refractivity contribution in [3.8, 4) is 5.75 Å². The number of amides is 2. The van der Waals surface area contributed by atoms with Crippen LogP contribution in [0.3, 0.4) is 0 Å². The largest absolute Gasteiger partial charge is 0.490 e. The third kappa shape index (κ3) is 5.86. The lowest BCUT2D eigenvalue weighted by Gasteiger charge is -2.09. The number of ether oxygens (including phenoxy) is 3. The van der Waals surface area contributed by atoms with E-state index in [0.29, 0.717) is 5.56 Å². The van der Waals surface area contributed by atoms with Gasteiger partial charge >= 0.3 is 17.6 Å². The third-order valence-corrected chi connectivity index (χ3v) is 5.62. The third-order valence-electron chi connectivity index (χ3n) is 4.43. The fourth-order valence-electron chi connectivity index (χ4n) is 2.79. The molecule has 0 aliphatic heterocycles. The van der Waals surface area contributed by atoms with Gasteiger partial charge in [0.05, 0.1) is 34.6 Å². The standard InChI is InChI=1S/C21H23N3O9S/c1-6-32-21(28)16-11(2)17(19(26)23(3)4)34-18(16)22-15(25)10-33-20(27)12-7-8-14(31-5)13(9-12)24(29)30/h7-9H,6,10H2,1-5H3,(H,22,25). The molecular weight excluding hydrogens is 470 g/mol. The summed E-state index contributed by atoms with van der Waals surface area (Å²) in [5.41, 5.74) is -0.214. The number of nitrogens with zero attached hydrogens (tertiary/aromatic N) is 2. The predicted octanol–water partition coefficient (Wildman–Crippen LogP) is 2.65. The van der Waals surface area contributed by atoms with Crippen molar-refractivity contribution >= 4 is 45.8 Å². The van der Waals surface area contributed by atoms with Gasteiger partial charge < -0.3 is 24.4 Å². The van der Waals surface area contributed by atoms with Gasteiger partial charge in [-0.15, -0.1) is 11.3 Å². The maximum absolute atomic E-state index is 12.4. The van der Waals surface area contributed by atoms with E-state index in [9.17, 15) is 29.3 Å². The van der Waals surface area contributed by atoms with E-state index in [0.717, 1.165) is 17.4 Å². The van der Waals surface area contributed by atoms with Gasteiger partial charge in [0.2, 0.25) is 0 Å². The lowest BCUT2D eigenvalue weighted by atomic mass is 10.1. The molecule has 1 heterocycles. The van der Waals surface area contributed by atoms with E-state index in [-0.39, 0.29) is 39.3 Å². The smallest absolute Gasteiger partial charge is 0.341 e. The molecule has 2 aromatic rings. The van der Waals surface area contributed by atoms with Crippen molar-refractivity contribution in [1.82, 2.24) is 4.90 Å². The summed E-state index contributed by atoms with van der Waals surface area (Å²) in [6, 6.07) is 3.46. The van der Waals surface area contributed by atoms with Crippen LogP contribution in [-0.4, -0.2) is 68.0 Å². The molecule has 1 aromatic carbocycles. The van der Waals surface area contributed by atoms with Crippen LogP contribution in [0.2, 0.25) is 0 Å². The lowest BCUT2D eigenvalue weighted by molar-refractivity contribution is -0.385. The summed E-state index contributed by atoms with van der Waals surface area (Å²) in [7, 11) is 4.35. The number of thiophene rings is 1. The maximum atomic E-state index is 12.4. The molecule has 1 N–H and O–H groups in total. The van der Waals surface area contributed by atoms with Crippen molar-refractivity contribution < 1.29 is 38.3 Å². The Morgan fingerprint density at radius 1 is 1.15 bits per heavy atom. The summed E-state index contributed by atoms with van der Waals surface area (Å²) in [6.07, 6.45) is 0. The highest BCUT2D eigenvalue weighted by atomic mass is 32.1. The number of esters is 2. The molecule has 0 bridgehead atoms. The van der Waals surface area contributed by atoms with Crippen LogP contribution in [0.5, 0.6) is 5.75 Å². The Bertz CT molecular complexity index is 1140. The van der Waals surface area contributed by atoms with Gasteiger partial charge in [-0.2, -0.15) is 0 Å². The number of carbonyl (C=O) groups is 4. The fraction of sp³-hybridized carbons (Fsp3) is 0.333. The number of hydrogen-bond acceptors (Lipinski definition) is 10. The zero-order valence-electron chi connectivity index (χ0n) is 19.1. The van der Waals surface area contributed by atoms with Gasteiger partial charge in [-0.25, -0.2) is 9.59 Å². The van der Waals surface area contributed by atoms with Crippen molar-refractivity contribution in [2.45, 2.75) is 13.8 Å². The number of carbonyl (C=O) groups excluding carboxylic acids is 4. The normalized spacial score (nSPS) is 10.3. The minimum absolute atomic E-state index is 0.0301. The first-order chi connectivity index (χ1) is 16.0. The molecule has 34 heavy (non-hydrogen) atoms. The van der Waals surface area contributed by atoms with Gasteiger partial charge in [0, 0.05) is 20.2 Å². The average molecular weight is 493 g/mol. The molecule has 0 aliphatic carbocycles. The second-order valence-electron chi connectivity index (χ2n) is 6.95. The Morgan fingerprint density at radius 2 is 1.82 bits per heavy atom. The zero-order valence-corrected chi connectivity index (χ0v) is 19.9. The number of methoxy groups -OCH3 is 1. The van der Waals surface area contributed by atoms with Gasteiger partial charge in [-0.1, -0.05) is 0 Å². The molecule has 0 aliphatic rings. The molecule has 0 radical (unpaired) electrons. The Morgan fingerprint density at radius 3 is 2.38 bits per heavy atom. The number of nitro groups is 1. The summed E-state index contributed by atoms with van der Waals surface area (Å²) in [5, 5.41) is 13.7. The Kier molecular flexibility index (Phi) is 8.67. The number of hydrogen-bond donors (Lipinski definition) is 1. The highest BCUT2D eigenvalue weighted by molar-refractivity contribution is 7.18. The average Bonchev–Trinajstić information content (AvgIpc) is 3.11. The minimum Gasteiger partial charge on any atom is -0.490 e. The van der Waals surface area contributed by atoms with Crippen molar-refractivity contribution in [3.05, 3.63) is 49.9 Å². The van der Waals surface area contributed by atoms with Gasteiger partial charge in [-0.05, 0) is 31.5 Å². The number of benzene rings is 1. The Balaban J connectivity index is 2.19. The number of nitro benzene ring substituents is 1. The van der Waals surface area contributed by atoms with Gasteiger partial charge in [0.15, 0.2) is 12.4 Å². The topological polar surface area (TPSA) is 154 Å². The molecule has 0 unspecified atom stereocenters. The fourth-order valence-corrected chi connectivity index (χ4v) is 4.03. The van der Waals surface area contributed by atoms with Crippen LogP contribution in [0.4, 0.5) is 10.7 Å². The van der Waals surface area contributed by atoms with Crippen molar-refractivity contribution in [2.24, 2.45) is 0 Å². The Hall–Kier alpha value is -4.00. The highest BCUT2D eigenvalue weighted by Gasteiger charge is 2.27. The highest BCUT2D eigenvalue weighted by Crippen LogP contribution is 2.34. The van der Waals surface area contributed by atoms with Crippen LogP contribution in [-0.2, 0) is 14.3 Å². The van der Waals surface area contributed by atoms with Crippen LogP contribution in [0.25, 0.3) is 0 Å². The summed E-state index contributed by atoms with van der Waals surface area (Å²) >= 11 is 0.892. The van der Waals surface area contributed by atoms with Crippen LogP contribution in [0.15, 0.2) is 18.2 Å². The van der Waals surface area contributed by atoms with Crippen LogP contribution in [0.1, 0.15) is 42.9 Å². The second-order valence-corrected chi connectivity index (χ2v) is 7.97. The van der Waals surface area contributed by atoms with E-state index in [4.69, 9.17) is 14.2 Å².